The van der Waals surface area contributed by atoms with Gasteiger partial charge in [0.25, 0.3) is 5.89 Å². The molecule has 3 aromatic rings. The van der Waals surface area contributed by atoms with Gasteiger partial charge in [0.1, 0.15) is 4.88 Å². The van der Waals surface area contributed by atoms with Crippen molar-refractivity contribution >= 4 is 28.6 Å². The van der Waals surface area contributed by atoms with Gasteiger partial charge in [-0.3, -0.25) is 0 Å². The summed E-state index contributed by atoms with van der Waals surface area (Å²) in [5, 5.41) is 7.80. The van der Waals surface area contributed by atoms with Crippen LogP contribution in [0.2, 0.25) is 0 Å². The van der Waals surface area contributed by atoms with Gasteiger partial charge in [0.05, 0.1) is 18.5 Å². The van der Waals surface area contributed by atoms with Crippen LogP contribution in [-0.4, -0.2) is 22.9 Å². The van der Waals surface area contributed by atoms with Crippen molar-refractivity contribution in [3.63, 3.8) is 0 Å². The number of nitrogens with zero attached hydrogens (tertiary/aromatic N) is 2. The monoisotopic (exact) mass is 322 g/mol. The van der Waals surface area contributed by atoms with Crippen molar-refractivity contribution in [2.45, 2.75) is 6.54 Å². The van der Waals surface area contributed by atoms with E-state index in [4.69, 9.17) is 9.15 Å². The van der Waals surface area contributed by atoms with Crippen molar-refractivity contribution in [3.05, 3.63) is 50.0 Å². The SMILES string of the molecule is COC(=O)c1sccc1Cn1nc(-c2cccs2)oc1=O. The zero-order valence-corrected chi connectivity index (χ0v) is 12.6. The van der Waals surface area contributed by atoms with Gasteiger partial charge in [0.15, 0.2) is 0 Å². The van der Waals surface area contributed by atoms with Crippen LogP contribution in [0.15, 0.2) is 38.2 Å². The number of thiophene rings is 2. The van der Waals surface area contributed by atoms with Crippen LogP contribution in [0.4, 0.5) is 0 Å². The Labute approximate surface area is 127 Å². The van der Waals surface area contributed by atoms with Crippen molar-refractivity contribution in [3.8, 4) is 10.8 Å². The molecule has 0 spiro atoms. The lowest BCUT2D eigenvalue weighted by Gasteiger charge is -2.00. The van der Waals surface area contributed by atoms with Gasteiger partial charge in [0, 0.05) is 0 Å². The zero-order chi connectivity index (χ0) is 14.8. The molecule has 8 heteroatoms. The fourth-order valence-electron chi connectivity index (χ4n) is 1.80. The van der Waals surface area contributed by atoms with Gasteiger partial charge < -0.3 is 9.15 Å². The molecule has 3 rings (SSSR count). The lowest BCUT2D eigenvalue weighted by molar-refractivity contribution is 0.0605. The maximum atomic E-state index is 11.8. The predicted octanol–water partition coefficient (Wildman–Crippen LogP) is 2.46. The Morgan fingerprint density at radius 2 is 2.24 bits per heavy atom. The number of carbonyl (C=O) groups is 1. The van der Waals surface area contributed by atoms with Gasteiger partial charge >= 0.3 is 11.7 Å². The number of ether oxygens (including phenoxy) is 1. The number of esters is 1. The molecule has 0 fully saturated rings. The number of carbonyl (C=O) groups excluding carboxylic acids is 1. The third-order valence-corrected chi connectivity index (χ3v) is 4.57. The van der Waals surface area contributed by atoms with E-state index in [1.165, 1.54) is 34.5 Å². The van der Waals surface area contributed by atoms with Crippen molar-refractivity contribution in [2.24, 2.45) is 0 Å². The van der Waals surface area contributed by atoms with E-state index in [0.717, 1.165) is 4.88 Å². The van der Waals surface area contributed by atoms with Gasteiger partial charge in [-0.15, -0.1) is 27.8 Å². The summed E-state index contributed by atoms with van der Waals surface area (Å²) >= 11 is 2.70. The van der Waals surface area contributed by atoms with Crippen LogP contribution in [0.5, 0.6) is 0 Å². The fourth-order valence-corrected chi connectivity index (χ4v) is 3.28. The van der Waals surface area contributed by atoms with Gasteiger partial charge in [0.2, 0.25) is 0 Å². The highest BCUT2D eigenvalue weighted by atomic mass is 32.1. The van der Waals surface area contributed by atoms with E-state index >= 15 is 0 Å². The number of aromatic nitrogens is 2. The summed E-state index contributed by atoms with van der Waals surface area (Å²) in [6.45, 7) is 0.168. The van der Waals surface area contributed by atoms with Crippen molar-refractivity contribution in [1.82, 2.24) is 9.78 Å². The highest BCUT2D eigenvalue weighted by Crippen LogP contribution is 2.22. The van der Waals surface area contributed by atoms with Gasteiger partial charge in [-0.05, 0) is 28.5 Å². The molecule has 0 radical (unpaired) electrons. The summed E-state index contributed by atoms with van der Waals surface area (Å²) in [6.07, 6.45) is 0. The molecule has 108 valence electrons. The van der Waals surface area contributed by atoms with Gasteiger partial charge in [-0.2, -0.15) is 4.68 Å². The Kier molecular flexibility index (Phi) is 3.72. The Morgan fingerprint density at radius 1 is 1.38 bits per heavy atom. The minimum atomic E-state index is -0.555. The number of methoxy groups -OCH3 is 1. The second kappa shape index (κ2) is 5.66. The molecule has 0 bridgehead atoms. The maximum Gasteiger partial charge on any atom is 0.437 e. The van der Waals surface area contributed by atoms with E-state index in [2.05, 4.69) is 5.10 Å². The van der Waals surface area contributed by atoms with E-state index < -0.39 is 11.7 Å². The smallest absolute Gasteiger partial charge is 0.437 e. The van der Waals surface area contributed by atoms with Crippen molar-refractivity contribution < 1.29 is 13.9 Å². The van der Waals surface area contributed by atoms with Crippen LogP contribution < -0.4 is 5.76 Å². The highest BCUT2D eigenvalue weighted by molar-refractivity contribution is 7.13. The van der Waals surface area contributed by atoms with Crippen LogP contribution in [0.25, 0.3) is 10.8 Å². The van der Waals surface area contributed by atoms with Crippen LogP contribution in [-0.2, 0) is 11.3 Å². The Hall–Kier alpha value is -2.19. The lowest BCUT2D eigenvalue weighted by atomic mass is 10.2. The van der Waals surface area contributed by atoms with E-state index in [9.17, 15) is 9.59 Å². The maximum absolute atomic E-state index is 11.8. The Morgan fingerprint density at radius 3 is 2.95 bits per heavy atom. The first kappa shape index (κ1) is 13.8. The second-order valence-corrected chi connectivity index (χ2v) is 5.94. The summed E-state index contributed by atoms with van der Waals surface area (Å²) in [6, 6.07) is 5.45. The average molecular weight is 322 g/mol. The van der Waals surface area contributed by atoms with Crippen LogP contribution in [0.1, 0.15) is 15.2 Å². The number of rotatable bonds is 4. The van der Waals surface area contributed by atoms with Crippen LogP contribution in [0.3, 0.4) is 0 Å². The molecule has 0 aliphatic heterocycles. The molecule has 6 nitrogen and oxygen atoms in total. The zero-order valence-electron chi connectivity index (χ0n) is 10.9. The molecule has 0 aliphatic rings. The van der Waals surface area contributed by atoms with E-state index in [1.54, 1.807) is 11.4 Å². The first-order chi connectivity index (χ1) is 10.2. The summed E-state index contributed by atoms with van der Waals surface area (Å²) in [7, 11) is 1.32. The molecule has 0 amide bonds. The van der Waals surface area contributed by atoms with Crippen molar-refractivity contribution in [2.75, 3.05) is 7.11 Å². The summed E-state index contributed by atoms with van der Waals surface area (Å²) < 4.78 is 11.0. The van der Waals surface area contributed by atoms with Crippen LogP contribution in [0, 0.1) is 0 Å². The highest BCUT2D eigenvalue weighted by Gasteiger charge is 2.17. The molecule has 21 heavy (non-hydrogen) atoms. The summed E-state index contributed by atoms with van der Waals surface area (Å²) in [5.74, 6) is -0.694. The molecule has 3 heterocycles. The normalized spacial score (nSPS) is 10.7. The van der Waals surface area contributed by atoms with Crippen LogP contribution >= 0.6 is 22.7 Å². The largest absolute Gasteiger partial charge is 0.465 e. The van der Waals surface area contributed by atoms with Crippen molar-refractivity contribution in [1.29, 1.82) is 0 Å². The topological polar surface area (TPSA) is 74.3 Å². The first-order valence-corrected chi connectivity index (χ1v) is 7.71. The molecule has 0 aliphatic carbocycles. The molecule has 0 N–H and O–H groups in total. The number of hydrogen-bond donors (Lipinski definition) is 0. The van der Waals surface area contributed by atoms with Gasteiger partial charge in [-0.25, -0.2) is 9.59 Å². The number of hydrogen-bond acceptors (Lipinski definition) is 7. The molecule has 3 aromatic heterocycles. The minimum Gasteiger partial charge on any atom is -0.465 e. The van der Waals surface area contributed by atoms with Gasteiger partial charge in [-0.1, -0.05) is 6.07 Å². The minimum absolute atomic E-state index is 0.168. The summed E-state index contributed by atoms with van der Waals surface area (Å²) in [5.41, 5.74) is 0.681. The summed E-state index contributed by atoms with van der Waals surface area (Å²) in [4.78, 5) is 24.7. The predicted molar refractivity (Wildman–Crippen MR) is 78.8 cm³/mol. The quantitative estimate of drug-likeness (QED) is 0.690. The average Bonchev–Trinajstić information content (AvgIpc) is 3.20. The third kappa shape index (κ3) is 2.67. The Bertz CT molecular complexity index is 813. The molecule has 0 atom stereocenters. The molecule has 0 saturated heterocycles. The van der Waals surface area contributed by atoms with E-state index in [-0.39, 0.29) is 12.4 Å². The van der Waals surface area contributed by atoms with E-state index in [1.807, 2.05) is 17.5 Å². The Balaban J connectivity index is 1.91. The third-order valence-electron chi connectivity index (χ3n) is 2.78. The van der Waals surface area contributed by atoms with E-state index in [0.29, 0.717) is 10.4 Å². The standard InChI is InChI=1S/C13H10N2O4S2/c1-18-12(16)10-8(4-6-21-10)7-15-13(17)19-11(14-15)9-3-2-5-20-9/h2-6H,7H2,1H3. The first-order valence-electron chi connectivity index (χ1n) is 5.95. The molecular weight excluding hydrogens is 312 g/mol. The lowest BCUT2D eigenvalue weighted by Crippen LogP contribution is -2.17. The second-order valence-electron chi connectivity index (χ2n) is 4.07. The molecule has 0 unspecified atom stereocenters. The fraction of sp³-hybridized carbons (Fsp3) is 0.154. The molecular formula is C13H10N2O4S2. The molecule has 0 saturated carbocycles. The molecule has 0 aromatic carbocycles.